The molecule has 0 heterocycles. The maximum Gasteiger partial charge on any atom is 0.195 e. The van der Waals surface area contributed by atoms with Crippen molar-refractivity contribution in [3.63, 3.8) is 0 Å². The van der Waals surface area contributed by atoms with Gasteiger partial charge in [-0.3, -0.25) is 0 Å². The highest BCUT2D eigenvalue weighted by molar-refractivity contribution is 7.50. The van der Waals surface area contributed by atoms with Gasteiger partial charge >= 0.3 is 0 Å². The van der Waals surface area contributed by atoms with Gasteiger partial charge in [-0.05, 0) is 49.9 Å². The number of halogens is 2. The molecule has 0 bridgehead atoms. The molecule has 2 rings (SSSR count). The lowest BCUT2D eigenvalue weighted by Gasteiger charge is -2.09. The summed E-state index contributed by atoms with van der Waals surface area (Å²) < 4.78 is 0. The molecule has 1 aromatic rings. The molecule has 0 aromatic heterocycles. The minimum absolute atomic E-state index is 0.565. The average Bonchev–Trinajstić information content (AvgIpc) is 3.21. The number of nitrogens with one attached hydrogen (secondary N) is 1. The van der Waals surface area contributed by atoms with Crippen LogP contribution >= 0.6 is 31.6 Å². The molecule has 1 fully saturated rings. The highest BCUT2D eigenvalue weighted by Crippen LogP contribution is 2.47. The van der Waals surface area contributed by atoms with Crippen molar-refractivity contribution in [3.05, 3.63) is 44.7 Å². The van der Waals surface area contributed by atoms with Crippen LogP contribution in [0, 0.1) is 0 Å². The summed E-state index contributed by atoms with van der Waals surface area (Å²) in [5.74, 6) is 0. The van der Waals surface area contributed by atoms with Crippen LogP contribution < -0.4 is 5.32 Å². The summed E-state index contributed by atoms with van der Waals surface area (Å²) in [7, 11) is -1.89. The zero-order chi connectivity index (χ0) is 14.5. The minimum Gasteiger partial charge on any atom is -0.347 e. The normalized spacial score (nSPS) is 13.9. The largest absolute Gasteiger partial charge is 0.347 e. The maximum absolute atomic E-state index is 9.33. The van der Waals surface area contributed by atoms with Crippen molar-refractivity contribution < 1.29 is 9.79 Å². The lowest BCUT2D eigenvalue weighted by atomic mass is 10.2. The molecular formula is C14H18Cl2NO2P. The van der Waals surface area contributed by atoms with Crippen LogP contribution in [0.1, 0.15) is 31.2 Å². The maximum atomic E-state index is 9.33. The minimum atomic E-state index is -1.89. The zero-order valence-corrected chi connectivity index (χ0v) is 13.5. The number of hydrogen-bond donors (Lipinski definition) is 3. The summed E-state index contributed by atoms with van der Waals surface area (Å²) in [6.07, 6.45) is 3.74. The molecule has 110 valence electrons. The summed E-state index contributed by atoms with van der Waals surface area (Å²) in [6, 6.07) is 5.59. The summed E-state index contributed by atoms with van der Waals surface area (Å²) in [4.78, 5) is 18.7. The second-order valence-electron chi connectivity index (χ2n) is 4.87. The van der Waals surface area contributed by atoms with Crippen LogP contribution in [-0.4, -0.2) is 16.3 Å². The Morgan fingerprint density at radius 3 is 2.55 bits per heavy atom. The van der Waals surface area contributed by atoms with Crippen LogP contribution in [0.4, 0.5) is 0 Å². The quantitative estimate of drug-likeness (QED) is 0.517. The molecule has 0 atom stereocenters. The van der Waals surface area contributed by atoms with Gasteiger partial charge in [0.05, 0.1) is 10.0 Å². The van der Waals surface area contributed by atoms with Crippen molar-refractivity contribution in [1.82, 2.24) is 5.32 Å². The molecule has 20 heavy (non-hydrogen) atoms. The molecule has 1 saturated carbocycles. The summed E-state index contributed by atoms with van der Waals surface area (Å²) in [6.45, 7) is 1.57. The highest BCUT2D eigenvalue weighted by atomic mass is 35.5. The van der Waals surface area contributed by atoms with Gasteiger partial charge < -0.3 is 15.1 Å². The van der Waals surface area contributed by atoms with Gasteiger partial charge in [-0.1, -0.05) is 34.8 Å². The first kappa shape index (κ1) is 16.2. The van der Waals surface area contributed by atoms with Crippen molar-refractivity contribution in [2.75, 3.05) is 6.54 Å². The standard InChI is InChI=1S/C14H18Cl2NO2P/c15-12-6-3-10(8-13(12)16)9-17-7-1-2-14(20(18)19)11-4-5-11/h3,6,8,17-19H,1-2,4-5,7,9H2. The van der Waals surface area contributed by atoms with Crippen LogP contribution in [-0.2, 0) is 6.54 Å². The van der Waals surface area contributed by atoms with Gasteiger partial charge in [0.25, 0.3) is 0 Å². The van der Waals surface area contributed by atoms with Crippen molar-refractivity contribution in [1.29, 1.82) is 0 Å². The van der Waals surface area contributed by atoms with E-state index in [0.717, 1.165) is 49.7 Å². The van der Waals surface area contributed by atoms with Crippen molar-refractivity contribution >= 4 is 31.6 Å². The van der Waals surface area contributed by atoms with Crippen LogP contribution in [0.3, 0.4) is 0 Å². The predicted molar refractivity (Wildman–Crippen MR) is 85.0 cm³/mol. The highest BCUT2D eigenvalue weighted by Gasteiger charge is 2.21. The van der Waals surface area contributed by atoms with E-state index < -0.39 is 8.38 Å². The fourth-order valence-corrected chi connectivity index (χ4v) is 3.22. The molecule has 3 N–H and O–H groups in total. The van der Waals surface area contributed by atoms with E-state index >= 15 is 0 Å². The first-order chi connectivity index (χ1) is 9.58. The molecule has 0 aliphatic heterocycles. The smallest absolute Gasteiger partial charge is 0.195 e. The molecular weight excluding hydrogens is 316 g/mol. The molecule has 0 spiro atoms. The van der Waals surface area contributed by atoms with E-state index in [1.165, 1.54) is 5.57 Å². The Balaban J connectivity index is 1.69. The lowest BCUT2D eigenvalue weighted by Crippen LogP contribution is -2.14. The summed E-state index contributed by atoms with van der Waals surface area (Å²) >= 11 is 11.8. The van der Waals surface area contributed by atoms with Crippen molar-refractivity contribution in [2.24, 2.45) is 0 Å². The number of allylic oxidation sites excluding steroid dienone is 2. The van der Waals surface area contributed by atoms with Gasteiger partial charge in [-0.2, -0.15) is 0 Å². The Morgan fingerprint density at radius 1 is 1.20 bits per heavy atom. The van der Waals surface area contributed by atoms with Crippen LogP contribution in [0.2, 0.25) is 10.0 Å². The second-order valence-corrected chi connectivity index (χ2v) is 6.80. The van der Waals surface area contributed by atoms with Crippen LogP contribution in [0.5, 0.6) is 0 Å². The topological polar surface area (TPSA) is 52.5 Å². The van der Waals surface area contributed by atoms with Gasteiger partial charge in [0.1, 0.15) is 0 Å². The van der Waals surface area contributed by atoms with E-state index in [0.29, 0.717) is 10.0 Å². The number of benzene rings is 1. The number of hydrogen-bond acceptors (Lipinski definition) is 3. The van der Waals surface area contributed by atoms with E-state index in [-0.39, 0.29) is 0 Å². The molecule has 1 aliphatic rings. The molecule has 1 aliphatic carbocycles. The molecule has 6 heteroatoms. The van der Waals surface area contributed by atoms with Gasteiger partial charge in [0.2, 0.25) is 0 Å². The molecule has 0 amide bonds. The Bertz CT molecular complexity index is 500. The Kier molecular flexibility index (Phi) is 6.28. The Morgan fingerprint density at radius 2 is 1.95 bits per heavy atom. The molecule has 3 nitrogen and oxygen atoms in total. The van der Waals surface area contributed by atoms with Gasteiger partial charge in [-0.15, -0.1) is 0 Å². The van der Waals surface area contributed by atoms with Gasteiger partial charge in [0, 0.05) is 11.9 Å². The van der Waals surface area contributed by atoms with E-state index in [9.17, 15) is 9.79 Å². The first-order valence-corrected chi connectivity index (χ1v) is 8.61. The van der Waals surface area contributed by atoms with E-state index in [2.05, 4.69) is 5.32 Å². The Hall–Kier alpha value is -0.150. The fourth-order valence-electron chi connectivity index (χ4n) is 2.03. The second kappa shape index (κ2) is 7.74. The Labute approximate surface area is 130 Å². The fraction of sp³-hybridized carbons (Fsp3) is 0.429. The summed E-state index contributed by atoms with van der Waals surface area (Å²) in [5.41, 5.74) is 2.33. The lowest BCUT2D eigenvalue weighted by molar-refractivity contribution is 0.488. The monoisotopic (exact) mass is 333 g/mol. The van der Waals surface area contributed by atoms with Crippen molar-refractivity contribution in [3.8, 4) is 0 Å². The van der Waals surface area contributed by atoms with Gasteiger partial charge in [-0.25, -0.2) is 0 Å². The third-order valence-corrected chi connectivity index (χ3v) is 4.99. The molecule has 0 radical (unpaired) electrons. The van der Waals surface area contributed by atoms with E-state index in [1.54, 1.807) is 6.07 Å². The van der Waals surface area contributed by atoms with Crippen molar-refractivity contribution in [2.45, 2.75) is 32.2 Å². The van der Waals surface area contributed by atoms with E-state index in [4.69, 9.17) is 23.2 Å². The summed E-state index contributed by atoms with van der Waals surface area (Å²) in [5, 5.41) is 5.33. The van der Waals surface area contributed by atoms with E-state index in [1.807, 2.05) is 12.1 Å². The van der Waals surface area contributed by atoms with Crippen LogP contribution in [0.15, 0.2) is 29.1 Å². The number of rotatable bonds is 7. The van der Waals surface area contributed by atoms with Gasteiger partial charge in [0.15, 0.2) is 8.38 Å². The third-order valence-electron chi connectivity index (χ3n) is 3.23. The molecule has 0 saturated heterocycles. The third kappa shape index (κ3) is 5.00. The molecule has 1 aromatic carbocycles. The first-order valence-electron chi connectivity index (χ1n) is 6.61. The van der Waals surface area contributed by atoms with Crippen LogP contribution in [0.25, 0.3) is 0 Å². The predicted octanol–water partition coefficient (Wildman–Crippen LogP) is 4.21. The average molecular weight is 334 g/mol. The SMILES string of the molecule is OP(O)C(CCCNCc1ccc(Cl)c(Cl)c1)=C1CC1. The zero-order valence-electron chi connectivity index (χ0n) is 11.1. The molecule has 0 unspecified atom stereocenters.